The molecule has 0 fully saturated rings. The van der Waals surface area contributed by atoms with Gasteiger partial charge in [-0.2, -0.15) is 9.78 Å². The predicted octanol–water partition coefficient (Wildman–Crippen LogP) is 5.94. The monoisotopic (exact) mass is 434 g/mol. The third-order valence-electron chi connectivity index (χ3n) is 6.07. The fourth-order valence-corrected chi connectivity index (χ4v) is 4.18. The first-order chi connectivity index (χ1) is 16.2. The third kappa shape index (κ3) is 3.89. The number of aliphatic imine (C=N–C) groups is 1. The van der Waals surface area contributed by atoms with Crippen LogP contribution < -0.4 is 0 Å². The van der Waals surface area contributed by atoms with Crippen LogP contribution in [0.15, 0.2) is 82.9 Å². The molecule has 1 aliphatic rings. The van der Waals surface area contributed by atoms with Gasteiger partial charge in [-0.3, -0.25) is 4.98 Å². The zero-order valence-corrected chi connectivity index (χ0v) is 19.1. The Labute approximate surface area is 193 Å². The number of fused-ring (bicyclic) bond motifs is 1. The molecule has 0 saturated carbocycles. The van der Waals surface area contributed by atoms with E-state index in [1.54, 1.807) is 4.68 Å². The summed E-state index contributed by atoms with van der Waals surface area (Å²) < 4.78 is 1.79. The van der Waals surface area contributed by atoms with Crippen LogP contribution in [-0.4, -0.2) is 31.3 Å². The van der Waals surface area contributed by atoms with Crippen LogP contribution in [0.25, 0.3) is 11.4 Å². The average Bonchev–Trinajstić information content (AvgIpc) is 3.43. The number of hydrogen-bond acceptors (Lipinski definition) is 5. The maximum absolute atomic E-state index is 5.02. The summed E-state index contributed by atoms with van der Waals surface area (Å²) in [5.74, 6) is 1.80. The van der Waals surface area contributed by atoms with Crippen molar-refractivity contribution in [2.75, 3.05) is 0 Å². The maximum Gasteiger partial charge on any atom is 0.206 e. The van der Waals surface area contributed by atoms with Gasteiger partial charge in [0.05, 0.1) is 11.4 Å². The number of hydrogen-bond donors (Lipinski definition) is 0. The van der Waals surface area contributed by atoms with Crippen LogP contribution >= 0.6 is 0 Å². The summed E-state index contributed by atoms with van der Waals surface area (Å²) in [6.07, 6.45) is 2.15. The topological polar surface area (TPSA) is 68.3 Å². The van der Waals surface area contributed by atoms with Crippen LogP contribution in [0.1, 0.15) is 55.4 Å². The average molecular weight is 435 g/mol. The number of pyridine rings is 1. The highest BCUT2D eigenvalue weighted by molar-refractivity contribution is 6.54. The molecule has 3 heterocycles. The molecule has 164 valence electrons. The predicted molar refractivity (Wildman–Crippen MR) is 132 cm³/mol. The molecule has 0 spiro atoms. The largest absolute Gasteiger partial charge is 0.256 e. The zero-order chi connectivity index (χ0) is 22.8. The Morgan fingerprint density at radius 2 is 1.42 bits per heavy atom. The van der Waals surface area contributed by atoms with Crippen LogP contribution in [0.2, 0.25) is 0 Å². The van der Waals surface area contributed by atoms with E-state index in [2.05, 4.69) is 36.2 Å². The summed E-state index contributed by atoms with van der Waals surface area (Å²) in [6, 6.07) is 24.2. The lowest BCUT2D eigenvalue weighted by Crippen LogP contribution is -2.14. The summed E-state index contributed by atoms with van der Waals surface area (Å²) >= 11 is 0. The van der Waals surface area contributed by atoms with Gasteiger partial charge in [-0.15, -0.1) is 10.2 Å². The Morgan fingerprint density at radius 1 is 0.788 bits per heavy atom. The fourth-order valence-electron chi connectivity index (χ4n) is 4.18. The van der Waals surface area contributed by atoms with Crippen molar-refractivity contribution in [2.45, 2.75) is 39.5 Å². The first kappa shape index (κ1) is 20.9. The number of benzene rings is 2. The minimum absolute atomic E-state index is 0.467. The summed E-state index contributed by atoms with van der Waals surface area (Å²) in [4.78, 5) is 9.89. The van der Waals surface area contributed by atoms with Crippen LogP contribution in [0.3, 0.4) is 0 Å². The van der Waals surface area contributed by atoms with E-state index in [9.17, 15) is 0 Å². The molecule has 33 heavy (non-hydrogen) atoms. The minimum atomic E-state index is 0.467. The standard InChI is InChI=1S/C27H26N6/c1-4-19(5-2)23-17-16-22(18(3)28-23)29-25-24(20-12-8-6-9-13-20)32-33-26(30-31-27(25)33)21-14-10-7-11-15-21/h6-17,19H,4-5H2,1-3H3/b29-25+. The Balaban J connectivity index is 1.63. The van der Waals surface area contributed by atoms with Gasteiger partial charge in [0, 0.05) is 22.7 Å². The van der Waals surface area contributed by atoms with Crippen LogP contribution in [-0.2, 0) is 0 Å². The molecule has 2 aromatic heterocycles. The lowest BCUT2D eigenvalue weighted by atomic mass is 9.98. The van der Waals surface area contributed by atoms with Crippen molar-refractivity contribution >= 4 is 17.1 Å². The SMILES string of the molecule is CCC(CC)c1ccc(/N=C2\C(c3ccccc3)=Nn3c2nnc3-c2ccccc2)c(C)n1. The van der Waals surface area contributed by atoms with Crippen LogP contribution in [0.5, 0.6) is 0 Å². The number of aromatic nitrogens is 4. The minimum Gasteiger partial charge on any atom is -0.256 e. The van der Waals surface area contributed by atoms with Crippen molar-refractivity contribution in [3.8, 4) is 11.4 Å². The van der Waals surface area contributed by atoms with Crippen LogP contribution in [0, 0.1) is 6.92 Å². The van der Waals surface area contributed by atoms with Gasteiger partial charge in [0.25, 0.3) is 0 Å². The van der Waals surface area contributed by atoms with E-state index in [1.807, 2.05) is 67.6 Å². The van der Waals surface area contributed by atoms with Crippen molar-refractivity contribution < 1.29 is 0 Å². The fraction of sp³-hybridized carbons (Fsp3) is 0.222. The lowest BCUT2D eigenvalue weighted by Gasteiger charge is -2.13. The first-order valence-electron chi connectivity index (χ1n) is 11.4. The summed E-state index contributed by atoms with van der Waals surface area (Å²) in [6.45, 7) is 6.43. The van der Waals surface area contributed by atoms with Gasteiger partial charge in [-0.25, -0.2) is 4.99 Å². The van der Waals surface area contributed by atoms with E-state index < -0.39 is 0 Å². The third-order valence-corrected chi connectivity index (χ3v) is 6.07. The highest BCUT2D eigenvalue weighted by Gasteiger charge is 2.30. The number of nitrogens with zero attached hydrogens (tertiary/aromatic N) is 6. The van der Waals surface area contributed by atoms with Gasteiger partial charge in [0.15, 0.2) is 5.82 Å². The molecule has 6 heteroatoms. The van der Waals surface area contributed by atoms with Gasteiger partial charge in [0.1, 0.15) is 11.4 Å². The molecule has 4 aromatic rings. The van der Waals surface area contributed by atoms with Crippen molar-refractivity contribution in [2.24, 2.45) is 10.1 Å². The molecule has 0 aliphatic carbocycles. The van der Waals surface area contributed by atoms with E-state index in [1.165, 1.54) is 0 Å². The number of rotatable bonds is 6. The van der Waals surface area contributed by atoms with Crippen molar-refractivity contribution in [1.82, 2.24) is 19.9 Å². The second-order valence-corrected chi connectivity index (χ2v) is 8.15. The van der Waals surface area contributed by atoms with Gasteiger partial charge < -0.3 is 0 Å². The highest BCUT2D eigenvalue weighted by Crippen LogP contribution is 2.29. The van der Waals surface area contributed by atoms with Crippen molar-refractivity contribution in [1.29, 1.82) is 0 Å². The molecule has 5 rings (SSSR count). The zero-order valence-electron chi connectivity index (χ0n) is 19.1. The molecule has 0 radical (unpaired) electrons. The quantitative estimate of drug-likeness (QED) is 0.377. The van der Waals surface area contributed by atoms with E-state index in [0.29, 0.717) is 23.3 Å². The lowest BCUT2D eigenvalue weighted by molar-refractivity contribution is 0.621. The molecule has 1 aliphatic heterocycles. The molecule has 2 aromatic carbocycles. The molecule has 0 N–H and O–H groups in total. The maximum atomic E-state index is 5.02. The molecular formula is C27H26N6. The van der Waals surface area contributed by atoms with Gasteiger partial charge >= 0.3 is 0 Å². The second-order valence-electron chi connectivity index (χ2n) is 8.15. The van der Waals surface area contributed by atoms with E-state index in [4.69, 9.17) is 15.1 Å². The molecule has 0 bridgehead atoms. The summed E-state index contributed by atoms with van der Waals surface area (Å²) in [5.41, 5.74) is 6.28. The molecule has 0 unspecified atom stereocenters. The molecule has 0 saturated heterocycles. The smallest absolute Gasteiger partial charge is 0.206 e. The summed E-state index contributed by atoms with van der Waals surface area (Å²) in [5, 5.41) is 13.8. The van der Waals surface area contributed by atoms with Gasteiger partial charge in [-0.05, 0) is 31.9 Å². The van der Waals surface area contributed by atoms with Crippen LogP contribution in [0.4, 0.5) is 5.69 Å². The summed E-state index contributed by atoms with van der Waals surface area (Å²) in [7, 11) is 0. The Bertz CT molecular complexity index is 1330. The highest BCUT2D eigenvalue weighted by atomic mass is 15.5. The van der Waals surface area contributed by atoms with Crippen molar-refractivity contribution in [3.05, 3.63) is 95.6 Å². The Hall–Kier alpha value is -3.93. The van der Waals surface area contributed by atoms with Gasteiger partial charge in [-0.1, -0.05) is 74.5 Å². The van der Waals surface area contributed by atoms with Crippen molar-refractivity contribution in [3.63, 3.8) is 0 Å². The van der Waals surface area contributed by atoms with E-state index in [0.717, 1.165) is 46.8 Å². The second kappa shape index (κ2) is 8.90. The van der Waals surface area contributed by atoms with E-state index >= 15 is 0 Å². The normalized spacial score (nSPS) is 14.1. The first-order valence-corrected chi connectivity index (χ1v) is 11.4. The Kier molecular flexibility index (Phi) is 5.65. The number of aryl methyl sites for hydroxylation is 1. The molecule has 0 amide bonds. The Morgan fingerprint density at radius 3 is 2.06 bits per heavy atom. The van der Waals surface area contributed by atoms with E-state index in [-0.39, 0.29) is 0 Å². The van der Waals surface area contributed by atoms with Gasteiger partial charge in [0.2, 0.25) is 5.82 Å². The molecule has 6 nitrogen and oxygen atoms in total. The molecular weight excluding hydrogens is 408 g/mol. The molecule has 0 atom stereocenters.